The minimum atomic E-state index is -3.30. The van der Waals surface area contributed by atoms with Crippen LogP contribution in [0, 0.1) is 13.8 Å². The first-order valence-corrected chi connectivity index (χ1v) is 8.68. The van der Waals surface area contributed by atoms with Gasteiger partial charge in [-0.05, 0) is 48.0 Å². The molecule has 0 aliphatic heterocycles. The van der Waals surface area contributed by atoms with Gasteiger partial charge in [0.1, 0.15) is 0 Å². The Morgan fingerprint density at radius 2 is 2.00 bits per heavy atom. The minimum absolute atomic E-state index is 0.458. The van der Waals surface area contributed by atoms with Crippen LogP contribution in [0.2, 0.25) is 0 Å². The van der Waals surface area contributed by atoms with E-state index in [1.54, 1.807) is 0 Å². The van der Waals surface area contributed by atoms with Crippen LogP contribution in [0.1, 0.15) is 11.1 Å². The zero-order chi connectivity index (χ0) is 13.8. The summed E-state index contributed by atoms with van der Waals surface area (Å²) in [6, 6.07) is 5.20. The molecular weight excluding hydrogens is 294 g/mol. The lowest BCUT2D eigenvalue weighted by molar-refractivity contribution is 0.255. The summed E-state index contributed by atoms with van der Waals surface area (Å²) in [6.07, 6.45) is 1.15. The van der Waals surface area contributed by atoms with Gasteiger partial charge in [-0.2, -0.15) is 0 Å². The molecule has 0 aliphatic rings. The molecule has 0 saturated heterocycles. The third-order valence-electron chi connectivity index (χ3n) is 2.09. The van der Waals surface area contributed by atoms with Crippen molar-refractivity contribution in [2.75, 3.05) is 5.32 Å². The van der Waals surface area contributed by atoms with E-state index in [9.17, 15) is 9.36 Å². The molecule has 0 atom stereocenters. The van der Waals surface area contributed by atoms with Crippen LogP contribution < -0.4 is 10.6 Å². The standard InChI is InChI=1S/C11H13Cl2N2O2P/c1-8-3-4-10(9(2)7-8)15-11(16)14-5-6-18(12,13)17/h3-7H,1-2H3,(H2,14,15,16)/b6-5+. The Hall–Kier alpha value is -0.960. The van der Waals surface area contributed by atoms with E-state index in [1.165, 1.54) is 0 Å². The summed E-state index contributed by atoms with van der Waals surface area (Å²) in [5.41, 5.74) is 2.77. The third-order valence-corrected chi connectivity index (χ3v) is 3.26. The Morgan fingerprint density at radius 1 is 1.33 bits per heavy atom. The molecule has 18 heavy (non-hydrogen) atoms. The smallest absolute Gasteiger partial charge is 0.314 e. The van der Waals surface area contributed by atoms with Crippen molar-refractivity contribution in [2.45, 2.75) is 13.8 Å². The van der Waals surface area contributed by atoms with Crippen molar-refractivity contribution in [2.24, 2.45) is 0 Å². The van der Waals surface area contributed by atoms with E-state index in [-0.39, 0.29) is 0 Å². The summed E-state index contributed by atoms with van der Waals surface area (Å²) < 4.78 is 10.9. The average molecular weight is 307 g/mol. The molecule has 0 radical (unpaired) electrons. The normalized spacial score (nSPS) is 11.6. The summed E-state index contributed by atoms with van der Waals surface area (Å²) in [5, 5.41) is 5.00. The molecule has 0 heterocycles. The van der Waals surface area contributed by atoms with Gasteiger partial charge in [-0.15, -0.1) is 0 Å². The van der Waals surface area contributed by atoms with Crippen molar-refractivity contribution >= 4 is 40.0 Å². The molecule has 98 valence electrons. The zero-order valence-electron chi connectivity index (χ0n) is 9.91. The molecule has 0 saturated carbocycles. The van der Waals surface area contributed by atoms with Crippen LogP contribution in [0.5, 0.6) is 0 Å². The summed E-state index contributed by atoms with van der Waals surface area (Å²) >= 11 is 10.6. The number of nitrogens with one attached hydrogen (secondary N) is 2. The van der Waals surface area contributed by atoms with Gasteiger partial charge in [0, 0.05) is 17.7 Å². The Labute approximate surface area is 115 Å². The lowest BCUT2D eigenvalue weighted by Gasteiger charge is -2.08. The van der Waals surface area contributed by atoms with Gasteiger partial charge >= 0.3 is 6.03 Å². The second-order valence-electron chi connectivity index (χ2n) is 3.74. The topological polar surface area (TPSA) is 58.2 Å². The van der Waals surface area contributed by atoms with Crippen LogP contribution in [0.3, 0.4) is 0 Å². The summed E-state index contributed by atoms with van der Waals surface area (Å²) in [4.78, 5) is 11.5. The SMILES string of the molecule is Cc1ccc(NC(=O)N/C=C/P(=O)(Cl)Cl)c(C)c1. The van der Waals surface area contributed by atoms with Crippen molar-refractivity contribution in [3.05, 3.63) is 41.3 Å². The Kier molecular flexibility index (Phi) is 5.27. The highest BCUT2D eigenvalue weighted by Crippen LogP contribution is 2.57. The molecule has 4 nitrogen and oxygen atoms in total. The van der Waals surface area contributed by atoms with Crippen LogP contribution in [-0.4, -0.2) is 6.03 Å². The maximum absolute atomic E-state index is 11.5. The third kappa shape index (κ3) is 5.58. The maximum atomic E-state index is 11.5. The van der Waals surface area contributed by atoms with Gasteiger partial charge in [0.25, 0.3) is 5.85 Å². The molecule has 7 heteroatoms. The first-order valence-electron chi connectivity index (χ1n) is 5.09. The van der Waals surface area contributed by atoms with Gasteiger partial charge in [0.2, 0.25) is 0 Å². The first kappa shape index (κ1) is 15.1. The molecule has 0 aromatic heterocycles. The predicted octanol–water partition coefficient (Wildman–Crippen LogP) is 4.57. The molecule has 0 aliphatic carbocycles. The summed E-state index contributed by atoms with van der Waals surface area (Å²) in [5.74, 6) is -2.26. The first-order chi connectivity index (χ1) is 8.28. The van der Waals surface area contributed by atoms with E-state index in [0.717, 1.165) is 23.1 Å². The number of anilines is 1. The summed E-state index contributed by atoms with van der Waals surface area (Å²) in [6.45, 7) is 3.86. The van der Waals surface area contributed by atoms with E-state index in [2.05, 4.69) is 10.6 Å². The fraction of sp³-hybridized carbons (Fsp3) is 0.182. The fourth-order valence-corrected chi connectivity index (χ4v) is 1.90. The second kappa shape index (κ2) is 6.28. The molecular formula is C11H13Cl2N2O2P. The number of hydrogen-bond acceptors (Lipinski definition) is 2. The Balaban J connectivity index is 2.60. The van der Waals surface area contributed by atoms with Crippen molar-refractivity contribution in [3.63, 3.8) is 0 Å². The Morgan fingerprint density at radius 3 is 2.56 bits per heavy atom. The van der Waals surface area contributed by atoms with Crippen molar-refractivity contribution in [1.82, 2.24) is 5.32 Å². The number of rotatable bonds is 3. The van der Waals surface area contributed by atoms with E-state index >= 15 is 0 Å². The van der Waals surface area contributed by atoms with E-state index in [1.807, 2.05) is 32.0 Å². The number of carbonyl (C=O) groups is 1. The Bertz CT molecular complexity index is 526. The highest BCUT2D eigenvalue weighted by Gasteiger charge is 2.07. The van der Waals surface area contributed by atoms with Crippen molar-refractivity contribution in [1.29, 1.82) is 0 Å². The monoisotopic (exact) mass is 306 g/mol. The lowest BCUT2D eigenvalue weighted by Crippen LogP contribution is -2.24. The summed E-state index contributed by atoms with van der Waals surface area (Å²) in [7, 11) is 0. The number of halogens is 2. The molecule has 2 N–H and O–H groups in total. The van der Waals surface area contributed by atoms with Gasteiger partial charge in [-0.25, -0.2) is 4.79 Å². The molecule has 0 unspecified atom stereocenters. The molecule has 2 amide bonds. The second-order valence-corrected chi connectivity index (χ2v) is 8.57. The lowest BCUT2D eigenvalue weighted by atomic mass is 10.1. The van der Waals surface area contributed by atoms with Gasteiger partial charge < -0.3 is 10.6 Å². The molecule has 1 aromatic carbocycles. The van der Waals surface area contributed by atoms with Crippen LogP contribution in [0.15, 0.2) is 30.2 Å². The van der Waals surface area contributed by atoms with Gasteiger partial charge in [-0.1, -0.05) is 17.7 Å². The number of carbonyl (C=O) groups excluding carboxylic acids is 1. The van der Waals surface area contributed by atoms with Gasteiger partial charge in [0.15, 0.2) is 0 Å². The fourth-order valence-electron chi connectivity index (χ4n) is 1.31. The molecule has 0 spiro atoms. The number of hydrogen-bond donors (Lipinski definition) is 2. The van der Waals surface area contributed by atoms with E-state index in [0.29, 0.717) is 5.69 Å². The minimum Gasteiger partial charge on any atom is -0.314 e. The van der Waals surface area contributed by atoms with Crippen LogP contribution in [0.25, 0.3) is 0 Å². The maximum Gasteiger partial charge on any atom is 0.323 e. The number of aryl methyl sites for hydroxylation is 2. The van der Waals surface area contributed by atoms with Crippen molar-refractivity contribution < 1.29 is 9.36 Å². The van der Waals surface area contributed by atoms with Crippen molar-refractivity contribution in [3.8, 4) is 0 Å². The largest absolute Gasteiger partial charge is 0.323 e. The number of amides is 2. The highest BCUT2D eigenvalue weighted by molar-refractivity contribution is 8.10. The van der Waals surface area contributed by atoms with Gasteiger partial charge in [-0.3, -0.25) is 4.57 Å². The van der Waals surface area contributed by atoms with Gasteiger partial charge in [0.05, 0.1) is 0 Å². The number of benzene rings is 1. The van der Waals surface area contributed by atoms with Crippen LogP contribution in [0.4, 0.5) is 10.5 Å². The molecule has 0 fully saturated rings. The average Bonchev–Trinajstić information content (AvgIpc) is 2.20. The van der Waals surface area contributed by atoms with E-state index in [4.69, 9.17) is 22.5 Å². The molecule has 1 rings (SSSR count). The van der Waals surface area contributed by atoms with Crippen LogP contribution >= 0.6 is 28.3 Å². The quantitative estimate of drug-likeness (QED) is 0.804. The predicted molar refractivity (Wildman–Crippen MR) is 76.5 cm³/mol. The van der Waals surface area contributed by atoms with E-state index < -0.39 is 11.9 Å². The van der Waals surface area contributed by atoms with Crippen LogP contribution in [-0.2, 0) is 4.57 Å². The molecule has 0 bridgehead atoms. The number of urea groups is 1. The highest BCUT2D eigenvalue weighted by atomic mass is 35.9. The zero-order valence-corrected chi connectivity index (χ0v) is 12.3. The molecule has 1 aromatic rings.